The number of benzene rings is 1. The molecule has 2 fully saturated rings. The van der Waals surface area contributed by atoms with Crippen LogP contribution in [0.4, 0.5) is 0 Å². The molecule has 0 radical (unpaired) electrons. The van der Waals surface area contributed by atoms with Crippen LogP contribution in [-0.2, 0) is 0 Å². The number of nitrogens with one attached hydrogen (secondary N) is 1. The molecule has 1 aromatic rings. The summed E-state index contributed by atoms with van der Waals surface area (Å²) in [5.41, 5.74) is 1.22. The van der Waals surface area contributed by atoms with Gasteiger partial charge in [0, 0.05) is 37.8 Å². The second-order valence-corrected chi connectivity index (χ2v) is 6.40. The molecule has 0 spiro atoms. The molecule has 0 aromatic heterocycles. The Hall–Kier alpha value is -0.880. The topological polar surface area (TPSA) is 43.0 Å². The number of rotatable bonds is 7. The molecule has 0 amide bonds. The minimum Gasteiger partial charge on any atom is -0.493 e. The van der Waals surface area contributed by atoms with Crippen LogP contribution in [0.15, 0.2) is 12.1 Å². The Morgan fingerprint density at radius 3 is 2.16 bits per heavy atom. The van der Waals surface area contributed by atoms with Crippen LogP contribution in [0, 0.1) is 5.92 Å². The lowest BCUT2D eigenvalue weighted by atomic mass is 9.97. The van der Waals surface area contributed by atoms with E-state index in [1.165, 1.54) is 24.8 Å². The molecule has 7 heteroatoms. The zero-order valence-corrected chi connectivity index (χ0v) is 16.9. The van der Waals surface area contributed by atoms with E-state index < -0.39 is 0 Å². The fourth-order valence-corrected chi connectivity index (χ4v) is 3.52. The molecule has 25 heavy (non-hydrogen) atoms. The Morgan fingerprint density at radius 1 is 1.00 bits per heavy atom. The minimum atomic E-state index is 0. The molecule has 1 atom stereocenters. The molecule has 5 nitrogen and oxygen atoms in total. The maximum Gasteiger partial charge on any atom is 0.203 e. The summed E-state index contributed by atoms with van der Waals surface area (Å²) in [5, 5.41) is 3.44. The SMILES string of the molecule is COc1ccc([C@H](CC2CC2)N2CCNCC2)c(OC)c1OC.Cl.Cl. The molecular formula is C18H30Cl2N2O3. The zero-order chi connectivity index (χ0) is 16.2. The molecule has 1 aromatic carbocycles. The van der Waals surface area contributed by atoms with Crippen molar-refractivity contribution in [2.45, 2.75) is 25.3 Å². The summed E-state index contributed by atoms with van der Waals surface area (Å²) in [7, 11) is 5.05. The van der Waals surface area contributed by atoms with Crippen molar-refractivity contribution in [2.75, 3.05) is 47.5 Å². The van der Waals surface area contributed by atoms with Crippen LogP contribution in [0.3, 0.4) is 0 Å². The molecule has 0 unspecified atom stereocenters. The smallest absolute Gasteiger partial charge is 0.203 e. The van der Waals surface area contributed by atoms with E-state index >= 15 is 0 Å². The standard InChI is InChI=1S/C18H28N2O3.2ClH/c1-21-16-7-6-14(17(22-2)18(16)23-3)15(12-13-4-5-13)20-10-8-19-9-11-20;;/h6-7,13,15,19H,4-5,8-12H2,1-3H3;2*1H/t15-;;/m0../s1. The fraction of sp³-hybridized carbons (Fsp3) is 0.667. The van der Waals surface area contributed by atoms with E-state index in [-0.39, 0.29) is 24.8 Å². The summed E-state index contributed by atoms with van der Waals surface area (Å²) in [6, 6.07) is 4.54. The highest BCUT2D eigenvalue weighted by Gasteiger charge is 2.33. The number of ether oxygens (including phenoxy) is 3. The molecule has 1 heterocycles. The molecule has 1 aliphatic carbocycles. The first-order valence-electron chi connectivity index (χ1n) is 8.52. The molecule has 1 aliphatic heterocycles. The quantitative estimate of drug-likeness (QED) is 0.770. The Kier molecular flexibility index (Phi) is 9.14. The summed E-state index contributed by atoms with van der Waals surface area (Å²) in [4.78, 5) is 2.58. The highest BCUT2D eigenvalue weighted by atomic mass is 35.5. The van der Waals surface area contributed by atoms with Crippen molar-refractivity contribution in [1.82, 2.24) is 10.2 Å². The maximum absolute atomic E-state index is 5.74. The van der Waals surface area contributed by atoms with Crippen molar-refractivity contribution in [3.05, 3.63) is 17.7 Å². The highest BCUT2D eigenvalue weighted by Crippen LogP contribution is 2.47. The van der Waals surface area contributed by atoms with Gasteiger partial charge in [-0.3, -0.25) is 4.90 Å². The van der Waals surface area contributed by atoms with Gasteiger partial charge in [-0.25, -0.2) is 0 Å². The predicted octanol–water partition coefficient (Wildman–Crippen LogP) is 3.30. The highest BCUT2D eigenvalue weighted by molar-refractivity contribution is 5.85. The summed E-state index contributed by atoms with van der Waals surface area (Å²) >= 11 is 0. The maximum atomic E-state index is 5.74. The first-order valence-corrected chi connectivity index (χ1v) is 8.52. The van der Waals surface area contributed by atoms with E-state index in [2.05, 4.69) is 16.3 Å². The summed E-state index contributed by atoms with van der Waals surface area (Å²) in [6.45, 7) is 4.26. The second kappa shape index (κ2) is 10.3. The average molecular weight is 393 g/mol. The molecule has 3 rings (SSSR count). The van der Waals surface area contributed by atoms with Gasteiger partial charge in [-0.1, -0.05) is 12.8 Å². The van der Waals surface area contributed by atoms with E-state index in [4.69, 9.17) is 14.2 Å². The largest absolute Gasteiger partial charge is 0.493 e. The summed E-state index contributed by atoms with van der Waals surface area (Å²) in [6.07, 6.45) is 3.92. The van der Waals surface area contributed by atoms with Gasteiger partial charge < -0.3 is 19.5 Å². The predicted molar refractivity (Wildman–Crippen MR) is 105 cm³/mol. The van der Waals surface area contributed by atoms with Gasteiger partial charge in [-0.05, 0) is 24.5 Å². The normalized spacial score (nSPS) is 18.5. The van der Waals surface area contributed by atoms with Crippen LogP contribution in [0.5, 0.6) is 17.2 Å². The third-order valence-corrected chi connectivity index (χ3v) is 4.94. The molecule has 1 saturated carbocycles. The van der Waals surface area contributed by atoms with Gasteiger partial charge in [0.1, 0.15) is 0 Å². The number of nitrogens with zero attached hydrogens (tertiary/aromatic N) is 1. The number of piperazine rings is 1. The van der Waals surface area contributed by atoms with Gasteiger partial charge >= 0.3 is 0 Å². The van der Waals surface area contributed by atoms with E-state index in [1.807, 2.05) is 6.07 Å². The van der Waals surface area contributed by atoms with Crippen LogP contribution >= 0.6 is 24.8 Å². The second-order valence-electron chi connectivity index (χ2n) is 6.40. The molecular weight excluding hydrogens is 363 g/mol. The first-order chi connectivity index (χ1) is 11.3. The molecule has 1 saturated heterocycles. The van der Waals surface area contributed by atoms with Crippen LogP contribution in [0.2, 0.25) is 0 Å². The Bertz CT molecular complexity index is 535. The lowest BCUT2D eigenvalue weighted by Crippen LogP contribution is -2.45. The number of hydrogen-bond donors (Lipinski definition) is 1. The molecule has 2 aliphatic rings. The van der Waals surface area contributed by atoms with Crippen molar-refractivity contribution in [2.24, 2.45) is 5.92 Å². The van der Waals surface area contributed by atoms with Gasteiger partial charge in [-0.15, -0.1) is 24.8 Å². The third kappa shape index (κ3) is 5.07. The number of methoxy groups -OCH3 is 3. The van der Waals surface area contributed by atoms with E-state index in [0.717, 1.165) is 43.6 Å². The van der Waals surface area contributed by atoms with Crippen molar-refractivity contribution < 1.29 is 14.2 Å². The monoisotopic (exact) mass is 392 g/mol. The van der Waals surface area contributed by atoms with Gasteiger partial charge in [-0.2, -0.15) is 0 Å². The molecule has 0 bridgehead atoms. The van der Waals surface area contributed by atoms with Gasteiger partial charge in [0.2, 0.25) is 5.75 Å². The van der Waals surface area contributed by atoms with Gasteiger partial charge in [0.05, 0.1) is 21.3 Å². The number of hydrogen-bond acceptors (Lipinski definition) is 5. The van der Waals surface area contributed by atoms with Crippen LogP contribution in [0.25, 0.3) is 0 Å². The third-order valence-electron chi connectivity index (χ3n) is 4.94. The number of halogens is 2. The Morgan fingerprint density at radius 2 is 1.64 bits per heavy atom. The summed E-state index contributed by atoms with van der Waals surface area (Å²) in [5.74, 6) is 3.09. The van der Waals surface area contributed by atoms with Crippen LogP contribution in [0.1, 0.15) is 30.9 Å². The molecule has 1 N–H and O–H groups in total. The van der Waals surface area contributed by atoms with Crippen molar-refractivity contribution in [3.8, 4) is 17.2 Å². The van der Waals surface area contributed by atoms with E-state index in [0.29, 0.717) is 11.8 Å². The summed E-state index contributed by atoms with van der Waals surface area (Å²) < 4.78 is 16.7. The zero-order valence-electron chi connectivity index (χ0n) is 15.2. The van der Waals surface area contributed by atoms with E-state index in [9.17, 15) is 0 Å². The van der Waals surface area contributed by atoms with Gasteiger partial charge in [0.25, 0.3) is 0 Å². The van der Waals surface area contributed by atoms with Crippen molar-refractivity contribution >= 4 is 24.8 Å². The average Bonchev–Trinajstić information content (AvgIpc) is 3.43. The Balaban J connectivity index is 0.00000156. The van der Waals surface area contributed by atoms with Crippen LogP contribution in [-0.4, -0.2) is 52.4 Å². The first kappa shape index (κ1) is 22.2. The Labute approximate surface area is 163 Å². The van der Waals surface area contributed by atoms with Crippen molar-refractivity contribution in [3.63, 3.8) is 0 Å². The fourth-order valence-electron chi connectivity index (χ4n) is 3.52. The lowest BCUT2D eigenvalue weighted by molar-refractivity contribution is 0.157. The van der Waals surface area contributed by atoms with Crippen LogP contribution < -0.4 is 19.5 Å². The van der Waals surface area contributed by atoms with E-state index in [1.54, 1.807) is 21.3 Å². The lowest BCUT2D eigenvalue weighted by Gasteiger charge is -2.36. The molecule has 144 valence electrons. The van der Waals surface area contributed by atoms with Gasteiger partial charge in [0.15, 0.2) is 11.5 Å². The minimum absolute atomic E-state index is 0. The van der Waals surface area contributed by atoms with Crippen molar-refractivity contribution in [1.29, 1.82) is 0 Å².